The predicted molar refractivity (Wildman–Crippen MR) is 123 cm³/mol. The maximum Gasteiger partial charge on any atom is 0.356 e. The molecule has 0 bridgehead atoms. The molecular formula is C26H26N2O7. The number of hydrogen-bond acceptors (Lipinski definition) is 7. The Morgan fingerprint density at radius 1 is 0.943 bits per heavy atom. The van der Waals surface area contributed by atoms with Crippen LogP contribution in [0.3, 0.4) is 0 Å². The summed E-state index contributed by atoms with van der Waals surface area (Å²) < 4.78 is 16.1. The minimum absolute atomic E-state index is 0.0214. The number of carbonyl (C=O) groups is 4. The zero-order valence-corrected chi connectivity index (χ0v) is 19.7. The van der Waals surface area contributed by atoms with E-state index in [4.69, 9.17) is 14.2 Å². The standard InChI is InChI=1S/C26H26N2O7/c1-16(2)20(25(31)34-15-18-12-8-5-9-13-18)28-22(30)21-23(28)35-24(26(32)33-3)27(21)19(29)14-17-10-6-4-7-11-17/h4-13,21,23-24H,14-15H2,1-3H3. The van der Waals surface area contributed by atoms with Gasteiger partial charge in [0.25, 0.3) is 5.91 Å². The van der Waals surface area contributed by atoms with Gasteiger partial charge in [-0.1, -0.05) is 60.7 Å². The lowest BCUT2D eigenvalue weighted by atomic mass is 10.00. The van der Waals surface area contributed by atoms with Crippen molar-refractivity contribution in [1.82, 2.24) is 9.80 Å². The van der Waals surface area contributed by atoms with E-state index < -0.39 is 42.3 Å². The normalized spacial score (nSPS) is 20.5. The van der Waals surface area contributed by atoms with Crippen LogP contribution in [-0.2, 0) is 46.4 Å². The SMILES string of the molecule is COC(=O)C1OC2C(C(=O)N2C(C(=O)OCc2ccccc2)=C(C)C)N1C(=O)Cc1ccccc1. The molecule has 35 heavy (non-hydrogen) atoms. The van der Waals surface area contributed by atoms with Crippen molar-refractivity contribution < 1.29 is 33.4 Å². The number of β-lactam (4-membered cyclic amide) rings is 1. The van der Waals surface area contributed by atoms with E-state index in [1.807, 2.05) is 36.4 Å². The van der Waals surface area contributed by atoms with Gasteiger partial charge in [0.05, 0.1) is 13.5 Å². The van der Waals surface area contributed by atoms with Crippen molar-refractivity contribution in [2.24, 2.45) is 0 Å². The van der Waals surface area contributed by atoms with E-state index >= 15 is 0 Å². The fourth-order valence-corrected chi connectivity index (χ4v) is 4.17. The van der Waals surface area contributed by atoms with E-state index in [9.17, 15) is 19.2 Å². The molecule has 0 N–H and O–H groups in total. The van der Waals surface area contributed by atoms with Gasteiger partial charge >= 0.3 is 11.9 Å². The third-order valence-electron chi connectivity index (χ3n) is 5.85. The lowest BCUT2D eigenvalue weighted by molar-refractivity contribution is -0.175. The maximum absolute atomic E-state index is 13.2. The lowest BCUT2D eigenvalue weighted by Gasteiger charge is -2.43. The van der Waals surface area contributed by atoms with E-state index in [-0.39, 0.29) is 18.7 Å². The Labute approximate surface area is 202 Å². The third kappa shape index (κ3) is 4.67. The van der Waals surface area contributed by atoms with Crippen LogP contribution in [0, 0.1) is 0 Å². The molecule has 2 aliphatic heterocycles. The zero-order valence-electron chi connectivity index (χ0n) is 19.7. The van der Waals surface area contributed by atoms with Gasteiger partial charge in [-0.2, -0.15) is 0 Å². The van der Waals surface area contributed by atoms with Crippen molar-refractivity contribution in [2.75, 3.05) is 7.11 Å². The summed E-state index contributed by atoms with van der Waals surface area (Å²) in [4.78, 5) is 54.0. The van der Waals surface area contributed by atoms with Crippen LogP contribution in [0.4, 0.5) is 0 Å². The predicted octanol–water partition coefficient (Wildman–Crippen LogP) is 2.16. The molecule has 4 rings (SSSR count). The van der Waals surface area contributed by atoms with Gasteiger partial charge in [-0.15, -0.1) is 0 Å². The van der Waals surface area contributed by atoms with Crippen molar-refractivity contribution in [3.8, 4) is 0 Å². The van der Waals surface area contributed by atoms with Crippen molar-refractivity contribution >= 4 is 23.8 Å². The molecule has 3 unspecified atom stereocenters. The Balaban J connectivity index is 1.55. The van der Waals surface area contributed by atoms with E-state index in [0.717, 1.165) is 20.9 Å². The van der Waals surface area contributed by atoms with Gasteiger partial charge in [0.15, 0.2) is 12.3 Å². The molecule has 9 heteroatoms. The summed E-state index contributed by atoms with van der Waals surface area (Å²) in [5.74, 6) is -2.50. The number of likely N-dealkylation sites (tertiary alicyclic amines) is 1. The summed E-state index contributed by atoms with van der Waals surface area (Å²) >= 11 is 0. The molecule has 2 heterocycles. The Bertz CT molecular complexity index is 1160. The summed E-state index contributed by atoms with van der Waals surface area (Å²) in [6, 6.07) is 17.1. The van der Waals surface area contributed by atoms with E-state index in [2.05, 4.69) is 0 Å². The van der Waals surface area contributed by atoms with Gasteiger partial charge in [0, 0.05) is 0 Å². The minimum atomic E-state index is -1.40. The highest BCUT2D eigenvalue weighted by atomic mass is 16.6. The number of allylic oxidation sites excluding steroid dienone is 1. The first-order chi connectivity index (χ1) is 16.8. The van der Waals surface area contributed by atoms with Crippen LogP contribution in [-0.4, -0.2) is 59.2 Å². The van der Waals surface area contributed by atoms with Gasteiger partial charge in [-0.05, 0) is 30.5 Å². The number of amides is 2. The molecule has 182 valence electrons. The average molecular weight is 479 g/mol. The highest BCUT2D eigenvalue weighted by Crippen LogP contribution is 2.40. The van der Waals surface area contributed by atoms with E-state index in [1.54, 1.807) is 38.1 Å². The zero-order chi connectivity index (χ0) is 25.1. The number of hydrogen-bond donors (Lipinski definition) is 0. The van der Waals surface area contributed by atoms with Crippen LogP contribution in [0.1, 0.15) is 25.0 Å². The van der Waals surface area contributed by atoms with Crippen LogP contribution in [0.2, 0.25) is 0 Å². The van der Waals surface area contributed by atoms with Crippen LogP contribution < -0.4 is 0 Å². The molecule has 2 saturated heterocycles. The number of carbonyl (C=O) groups excluding carboxylic acids is 4. The van der Waals surface area contributed by atoms with Crippen LogP contribution >= 0.6 is 0 Å². The quantitative estimate of drug-likeness (QED) is 0.341. The first-order valence-electron chi connectivity index (χ1n) is 11.1. The summed E-state index contributed by atoms with van der Waals surface area (Å²) in [5.41, 5.74) is 2.07. The highest BCUT2D eigenvalue weighted by Gasteiger charge is 2.64. The Morgan fingerprint density at radius 2 is 1.54 bits per heavy atom. The molecule has 3 atom stereocenters. The summed E-state index contributed by atoms with van der Waals surface area (Å²) in [7, 11) is 1.17. The monoisotopic (exact) mass is 478 g/mol. The van der Waals surface area contributed by atoms with Gasteiger partial charge in [0.2, 0.25) is 12.1 Å². The number of methoxy groups -OCH3 is 1. The van der Waals surface area contributed by atoms with Crippen LogP contribution in [0.25, 0.3) is 0 Å². The lowest BCUT2D eigenvalue weighted by Crippen LogP contribution is -2.68. The van der Waals surface area contributed by atoms with E-state index in [0.29, 0.717) is 5.57 Å². The highest BCUT2D eigenvalue weighted by molar-refractivity contribution is 6.03. The molecule has 2 aliphatic rings. The van der Waals surface area contributed by atoms with Crippen molar-refractivity contribution in [1.29, 1.82) is 0 Å². The van der Waals surface area contributed by atoms with Gasteiger partial charge < -0.3 is 14.2 Å². The molecule has 9 nitrogen and oxygen atoms in total. The van der Waals surface area contributed by atoms with E-state index in [1.165, 1.54) is 7.11 Å². The van der Waals surface area contributed by atoms with Gasteiger partial charge in [-0.3, -0.25) is 19.4 Å². The summed E-state index contributed by atoms with van der Waals surface area (Å²) in [6.45, 7) is 3.37. The third-order valence-corrected chi connectivity index (χ3v) is 5.85. The number of esters is 2. The first kappa shape index (κ1) is 24.2. The fraction of sp³-hybridized carbons (Fsp3) is 0.308. The van der Waals surface area contributed by atoms with Crippen molar-refractivity contribution in [3.63, 3.8) is 0 Å². The molecular weight excluding hydrogens is 452 g/mol. The molecule has 2 aromatic carbocycles. The molecule has 2 amide bonds. The van der Waals surface area contributed by atoms with Crippen LogP contribution in [0.15, 0.2) is 71.9 Å². The number of ether oxygens (including phenoxy) is 3. The van der Waals surface area contributed by atoms with Crippen LogP contribution in [0.5, 0.6) is 0 Å². The Kier molecular flexibility index (Phi) is 6.97. The second kappa shape index (κ2) is 10.1. The number of nitrogens with zero attached hydrogens (tertiary/aromatic N) is 2. The molecule has 0 aromatic heterocycles. The van der Waals surface area contributed by atoms with Crippen molar-refractivity contribution in [3.05, 3.63) is 83.1 Å². The second-order valence-electron chi connectivity index (χ2n) is 8.43. The maximum atomic E-state index is 13.2. The molecule has 0 saturated carbocycles. The molecule has 0 spiro atoms. The Hall–Kier alpha value is -3.98. The molecule has 2 aromatic rings. The molecule has 2 fully saturated rings. The van der Waals surface area contributed by atoms with Gasteiger partial charge in [-0.25, -0.2) is 9.59 Å². The smallest absolute Gasteiger partial charge is 0.356 e. The number of rotatable bonds is 7. The number of fused-ring (bicyclic) bond motifs is 1. The fourth-order valence-electron chi connectivity index (χ4n) is 4.17. The average Bonchev–Trinajstić information content (AvgIpc) is 3.22. The second-order valence-corrected chi connectivity index (χ2v) is 8.43. The van der Waals surface area contributed by atoms with Crippen molar-refractivity contribution in [2.45, 2.75) is 45.4 Å². The Morgan fingerprint density at radius 3 is 2.11 bits per heavy atom. The molecule has 0 radical (unpaired) electrons. The van der Waals surface area contributed by atoms with Gasteiger partial charge in [0.1, 0.15) is 12.3 Å². The largest absolute Gasteiger partial charge is 0.466 e. The summed E-state index contributed by atoms with van der Waals surface area (Å²) in [6.07, 6.45) is -2.44. The molecule has 0 aliphatic carbocycles. The minimum Gasteiger partial charge on any atom is -0.466 e. The topological polar surface area (TPSA) is 102 Å². The first-order valence-corrected chi connectivity index (χ1v) is 11.1. The summed E-state index contributed by atoms with van der Waals surface area (Å²) in [5, 5.41) is 0. The number of benzene rings is 2.